The zero-order chi connectivity index (χ0) is 19.3. The summed E-state index contributed by atoms with van der Waals surface area (Å²) in [7, 11) is -1.60. The second kappa shape index (κ2) is 8.53. The highest BCUT2D eigenvalue weighted by Gasteiger charge is 2.36. The van der Waals surface area contributed by atoms with Crippen LogP contribution in [0.25, 0.3) is 0 Å². The maximum absolute atomic E-state index is 12.7. The average molecular weight is 383 g/mol. The van der Waals surface area contributed by atoms with Crippen molar-refractivity contribution in [1.82, 2.24) is 4.90 Å². The second-order valence-corrected chi connectivity index (χ2v) is 8.65. The van der Waals surface area contributed by atoms with Crippen LogP contribution >= 0.6 is 0 Å². The number of carbonyl (C=O) groups excluding carboxylic acids is 2. The fourth-order valence-electron chi connectivity index (χ4n) is 3.09. The van der Waals surface area contributed by atoms with Crippen LogP contribution in [0.2, 0.25) is 0 Å². The summed E-state index contributed by atoms with van der Waals surface area (Å²) in [6.07, 6.45) is 1.79. The van der Waals surface area contributed by atoms with E-state index in [0.717, 1.165) is 0 Å². The van der Waals surface area contributed by atoms with Crippen LogP contribution in [-0.4, -0.2) is 62.8 Å². The molecule has 0 unspecified atom stereocenters. The molecule has 2 atom stereocenters. The third kappa shape index (κ3) is 4.75. The van der Waals surface area contributed by atoms with Gasteiger partial charge in [0, 0.05) is 12.1 Å². The molecule has 0 radical (unpaired) electrons. The number of hydrogen-bond acceptors (Lipinski definition) is 6. The van der Waals surface area contributed by atoms with Gasteiger partial charge >= 0.3 is 0 Å². The highest BCUT2D eigenvalue weighted by molar-refractivity contribution is 7.91. The molecular weight excluding hydrogens is 358 g/mol. The number of hydrogen-bond donors (Lipinski definition) is 0. The summed E-state index contributed by atoms with van der Waals surface area (Å²) in [4.78, 5) is 25.6. The number of benzene rings is 1. The normalized spacial score (nSPS) is 19.6. The van der Waals surface area contributed by atoms with E-state index in [4.69, 9.17) is 9.47 Å². The molecule has 1 aliphatic rings. The van der Waals surface area contributed by atoms with Crippen molar-refractivity contribution in [3.63, 3.8) is 0 Å². The summed E-state index contributed by atoms with van der Waals surface area (Å²) in [6, 6.07) is 4.33. The lowest BCUT2D eigenvalue weighted by atomic mass is 10.1. The molecule has 1 aromatic rings. The predicted octanol–water partition coefficient (Wildman–Crippen LogP) is 1.70. The van der Waals surface area contributed by atoms with Gasteiger partial charge in [-0.2, -0.15) is 0 Å². The average Bonchev–Trinajstić information content (AvgIpc) is 2.98. The lowest BCUT2D eigenvalue weighted by Crippen LogP contribution is -2.48. The first-order chi connectivity index (χ1) is 12.3. The van der Waals surface area contributed by atoms with E-state index in [1.165, 1.54) is 13.2 Å². The second-order valence-electron chi connectivity index (χ2n) is 6.43. The van der Waals surface area contributed by atoms with Gasteiger partial charge in [-0.15, -0.1) is 0 Å². The van der Waals surface area contributed by atoms with Crippen molar-refractivity contribution in [2.75, 3.05) is 25.2 Å². The van der Waals surface area contributed by atoms with Crippen molar-refractivity contribution in [3.05, 3.63) is 23.8 Å². The van der Waals surface area contributed by atoms with Crippen LogP contribution in [0.4, 0.5) is 0 Å². The van der Waals surface area contributed by atoms with E-state index in [9.17, 15) is 18.0 Å². The van der Waals surface area contributed by atoms with Gasteiger partial charge in [0.05, 0.1) is 24.2 Å². The fourth-order valence-corrected chi connectivity index (χ4v) is 4.80. The standard InChI is InChI=1S/C18H25NO6S/c1-4-13(2)19(15-7-8-26(22,23)12-15)18(21)11-25-17-6-5-16(24-3)9-14(17)10-20/h5-6,9-10,13,15H,4,7-8,11-12H2,1-3H3/t13-,15+/m1/s1. The minimum atomic E-state index is -3.10. The van der Waals surface area contributed by atoms with Crippen LogP contribution in [0.1, 0.15) is 37.0 Å². The Kier molecular flexibility index (Phi) is 6.63. The van der Waals surface area contributed by atoms with Crippen molar-refractivity contribution >= 4 is 22.0 Å². The molecule has 2 rings (SSSR count). The number of sulfone groups is 1. The van der Waals surface area contributed by atoms with Crippen LogP contribution in [-0.2, 0) is 14.6 Å². The van der Waals surface area contributed by atoms with Crippen molar-refractivity contribution in [3.8, 4) is 11.5 Å². The largest absolute Gasteiger partial charge is 0.497 e. The van der Waals surface area contributed by atoms with Crippen molar-refractivity contribution in [2.45, 2.75) is 38.8 Å². The molecule has 0 aromatic heterocycles. The minimum absolute atomic E-state index is 0.00873. The van der Waals surface area contributed by atoms with Gasteiger partial charge in [-0.1, -0.05) is 6.92 Å². The number of nitrogens with zero attached hydrogens (tertiary/aromatic N) is 1. The Morgan fingerprint density at radius 1 is 1.42 bits per heavy atom. The fraction of sp³-hybridized carbons (Fsp3) is 0.556. The van der Waals surface area contributed by atoms with E-state index in [-0.39, 0.29) is 47.4 Å². The number of aldehydes is 1. The third-order valence-electron chi connectivity index (χ3n) is 4.65. The SMILES string of the molecule is CC[C@@H](C)N(C(=O)COc1ccc(OC)cc1C=O)[C@H]1CCS(=O)(=O)C1. The summed E-state index contributed by atoms with van der Waals surface area (Å²) in [5.74, 6) is 0.618. The first-order valence-corrected chi connectivity index (χ1v) is 10.4. The molecule has 0 spiro atoms. The Labute approximate surface area is 154 Å². The zero-order valence-electron chi connectivity index (χ0n) is 15.3. The number of rotatable bonds is 8. The smallest absolute Gasteiger partial charge is 0.261 e. The van der Waals surface area contributed by atoms with Crippen LogP contribution in [0.15, 0.2) is 18.2 Å². The molecule has 0 aliphatic carbocycles. The summed E-state index contributed by atoms with van der Waals surface area (Å²) in [5, 5.41) is 0. The molecule has 1 aliphatic heterocycles. The number of ether oxygens (including phenoxy) is 2. The molecular formula is C18H25NO6S. The van der Waals surface area contributed by atoms with Gasteiger partial charge in [0.2, 0.25) is 0 Å². The summed E-state index contributed by atoms with van der Waals surface area (Å²) in [5.41, 5.74) is 0.288. The van der Waals surface area contributed by atoms with Crippen LogP contribution in [0.3, 0.4) is 0 Å². The molecule has 1 fully saturated rings. The molecule has 8 heteroatoms. The molecule has 1 amide bonds. The highest BCUT2D eigenvalue weighted by atomic mass is 32.2. The maximum atomic E-state index is 12.7. The molecule has 0 saturated carbocycles. The molecule has 1 heterocycles. The minimum Gasteiger partial charge on any atom is -0.497 e. The molecule has 7 nitrogen and oxygen atoms in total. The van der Waals surface area contributed by atoms with Crippen molar-refractivity contribution in [2.24, 2.45) is 0 Å². The van der Waals surface area contributed by atoms with Crippen LogP contribution in [0, 0.1) is 0 Å². The van der Waals surface area contributed by atoms with Gasteiger partial charge in [0.1, 0.15) is 11.5 Å². The monoisotopic (exact) mass is 383 g/mol. The van der Waals surface area contributed by atoms with Gasteiger partial charge in [0.25, 0.3) is 5.91 Å². The molecule has 26 heavy (non-hydrogen) atoms. The molecule has 0 bridgehead atoms. The molecule has 1 aromatic carbocycles. The van der Waals surface area contributed by atoms with Gasteiger partial charge in [-0.3, -0.25) is 9.59 Å². The van der Waals surface area contributed by atoms with E-state index in [1.807, 2.05) is 13.8 Å². The van der Waals surface area contributed by atoms with Gasteiger partial charge in [-0.05, 0) is 38.0 Å². The topological polar surface area (TPSA) is 90.0 Å². The van der Waals surface area contributed by atoms with Crippen LogP contribution in [0.5, 0.6) is 11.5 Å². The quantitative estimate of drug-likeness (QED) is 0.635. The van der Waals surface area contributed by atoms with Crippen LogP contribution < -0.4 is 9.47 Å². The Hall–Kier alpha value is -2.09. The van der Waals surface area contributed by atoms with Gasteiger partial charge < -0.3 is 14.4 Å². The summed E-state index contributed by atoms with van der Waals surface area (Å²) in [6.45, 7) is 3.59. The first-order valence-electron chi connectivity index (χ1n) is 8.59. The highest BCUT2D eigenvalue weighted by Crippen LogP contribution is 2.24. The Balaban J connectivity index is 2.11. The predicted molar refractivity (Wildman–Crippen MR) is 97.5 cm³/mol. The van der Waals surface area contributed by atoms with E-state index in [2.05, 4.69) is 0 Å². The maximum Gasteiger partial charge on any atom is 0.261 e. The number of carbonyl (C=O) groups is 2. The molecule has 144 valence electrons. The van der Waals surface area contributed by atoms with E-state index < -0.39 is 9.84 Å². The Morgan fingerprint density at radius 2 is 2.15 bits per heavy atom. The first kappa shape index (κ1) is 20.2. The lowest BCUT2D eigenvalue weighted by molar-refractivity contribution is -0.137. The van der Waals surface area contributed by atoms with Gasteiger partial charge in [0.15, 0.2) is 22.7 Å². The van der Waals surface area contributed by atoms with E-state index in [1.54, 1.807) is 17.0 Å². The summed E-state index contributed by atoms with van der Waals surface area (Å²) >= 11 is 0. The summed E-state index contributed by atoms with van der Waals surface area (Å²) < 4.78 is 34.2. The van der Waals surface area contributed by atoms with E-state index in [0.29, 0.717) is 24.9 Å². The third-order valence-corrected chi connectivity index (χ3v) is 6.40. The lowest BCUT2D eigenvalue weighted by Gasteiger charge is -2.33. The molecule has 0 N–H and O–H groups in total. The molecule has 1 saturated heterocycles. The Morgan fingerprint density at radius 3 is 2.69 bits per heavy atom. The van der Waals surface area contributed by atoms with Gasteiger partial charge in [-0.25, -0.2) is 8.42 Å². The zero-order valence-corrected chi connectivity index (χ0v) is 16.1. The van der Waals surface area contributed by atoms with E-state index >= 15 is 0 Å². The van der Waals surface area contributed by atoms with Crippen molar-refractivity contribution in [1.29, 1.82) is 0 Å². The number of amides is 1. The van der Waals surface area contributed by atoms with Crippen molar-refractivity contribution < 1.29 is 27.5 Å². The number of methoxy groups -OCH3 is 1. The Bertz CT molecular complexity index is 761.